The molecule has 0 amide bonds. The normalized spacial score (nSPS) is 10.5. The van der Waals surface area contributed by atoms with Gasteiger partial charge in [0.05, 0.1) is 5.02 Å². The molecule has 4 heteroatoms. The molecule has 0 radical (unpaired) electrons. The summed E-state index contributed by atoms with van der Waals surface area (Å²) in [5.74, 6) is 0.0444. The van der Waals surface area contributed by atoms with Gasteiger partial charge in [0.1, 0.15) is 18.2 Å². The lowest BCUT2D eigenvalue weighted by atomic mass is 10.3. The van der Waals surface area contributed by atoms with E-state index in [0.717, 1.165) is 11.3 Å². The molecule has 0 N–H and O–H groups in total. The zero-order valence-electron chi connectivity index (χ0n) is 9.37. The minimum atomic E-state index is -0.454. The van der Waals surface area contributed by atoms with E-state index in [2.05, 4.69) is 13.0 Å². The molecule has 0 aliphatic carbocycles. The van der Waals surface area contributed by atoms with E-state index in [9.17, 15) is 4.39 Å². The van der Waals surface area contributed by atoms with Crippen LogP contribution in [0.2, 0.25) is 5.02 Å². The highest BCUT2D eigenvalue weighted by Crippen LogP contribution is 2.23. The summed E-state index contributed by atoms with van der Waals surface area (Å²) in [6.45, 7) is 2.58. The molecule has 0 saturated carbocycles. The molecule has 0 spiro atoms. The molecule has 1 heterocycles. The Morgan fingerprint density at radius 1 is 1.24 bits per heavy atom. The summed E-state index contributed by atoms with van der Waals surface area (Å²) in [6, 6.07) is 8.59. The van der Waals surface area contributed by atoms with Gasteiger partial charge in [-0.25, -0.2) is 4.39 Å². The Labute approximate surface area is 109 Å². The van der Waals surface area contributed by atoms with E-state index in [4.69, 9.17) is 16.3 Å². The average molecular weight is 271 g/mol. The molecule has 17 heavy (non-hydrogen) atoms. The Balaban J connectivity index is 1.99. The first-order chi connectivity index (χ1) is 8.19. The van der Waals surface area contributed by atoms with Gasteiger partial charge in [0, 0.05) is 15.8 Å². The van der Waals surface area contributed by atoms with Crippen LogP contribution in [-0.4, -0.2) is 0 Å². The van der Waals surface area contributed by atoms with Gasteiger partial charge in [-0.3, -0.25) is 0 Å². The van der Waals surface area contributed by atoms with E-state index in [-0.39, 0.29) is 5.02 Å². The van der Waals surface area contributed by atoms with Gasteiger partial charge in [-0.1, -0.05) is 18.5 Å². The SMILES string of the molecule is CCc1ccc(COc2ccc(Cl)c(F)c2)s1. The van der Waals surface area contributed by atoms with E-state index in [1.54, 1.807) is 17.4 Å². The fourth-order valence-corrected chi connectivity index (χ4v) is 2.40. The number of halogens is 2. The van der Waals surface area contributed by atoms with Crippen LogP contribution in [-0.2, 0) is 13.0 Å². The summed E-state index contributed by atoms with van der Waals surface area (Å²) in [6.07, 6.45) is 1.03. The van der Waals surface area contributed by atoms with Gasteiger partial charge in [0.25, 0.3) is 0 Å². The number of hydrogen-bond donors (Lipinski definition) is 0. The van der Waals surface area contributed by atoms with Crippen LogP contribution in [0.4, 0.5) is 4.39 Å². The smallest absolute Gasteiger partial charge is 0.145 e. The third-order valence-corrected chi connectivity index (χ3v) is 3.85. The van der Waals surface area contributed by atoms with Crippen molar-refractivity contribution in [2.45, 2.75) is 20.0 Å². The maximum atomic E-state index is 13.2. The van der Waals surface area contributed by atoms with Crippen molar-refractivity contribution in [3.05, 3.63) is 50.9 Å². The van der Waals surface area contributed by atoms with Gasteiger partial charge in [0.15, 0.2) is 0 Å². The van der Waals surface area contributed by atoms with Crippen LogP contribution in [0.1, 0.15) is 16.7 Å². The molecule has 1 aromatic carbocycles. The maximum Gasteiger partial charge on any atom is 0.145 e. The molecule has 0 saturated heterocycles. The number of benzene rings is 1. The number of thiophene rings is 1. The molecular formula is C13H12ClFOS. The van der Waals surface area contributed by atoms with Crippen LogP contribution >= 0.6 is 22.9 Å². The van der Waals surface area contributed by atoms with Crippen molar-refractivity contribution >= 4 is 22.9 Å². The Morgan fingerprint density at radius 3 is 2.65 bits per heavy atom. The van der Waals surface area contributed by atoms with Crippen molar-refractivity contribution in [1.29, 1.82) is 0 Å². The number of ether oxygens (including phenoxy) is 1. The van der Waals surface area contributed by atoms with Gasteiger partial charge in [-0.05, 0) is 30.7 Å². The number of rotatable bonds is 4. The summed E-state index contributed by atoms with van der Waals surface area (Å²) < 4.78 is 18.7. The second kappa shape index (κ2) is 5.52. The average Bonchev–Trinajstić information content (AvgIpc) is 2.79. The number of hydrogen-bond acceptors (Lipinski definition) is 2. The van der Waals surface area contributed by atoms with Crippen LogP contribution in [0.25, 0.3) is 0 Å². The highest BCUT2D eigenvalue weighted by molar-refractivity contribution is 7.11. The minimum Gasteiger partial charge on any atom is -0.488 e. The molecule has 1 nitrogen and oxygen atoms in total. The van der Waals surface area contributed by atoms with Gasteiger partial charge >= 0.3 is 0 Å². The van der Waals surface area contributed by atoms with Crippen LogP contribution in [0.5, 0.6) is 5.75 Å². The van der Waals surface area contributed by atoms with E-state index < -0.39 is 5.82 Å². The van der Waals surface area contributed by atoms with E-state index in [0.29, 0.717) is 12.4 Å². The van der Waals surface area contributed by atoms with Gasteiger partial charge < -0.3 is 4.74 Å². The van der Waals surface area contributed by atoms with E-state index in [1.807, 2.05) is 6.07 Å². The Hall–Kier alpha value is -1.06. The Bertz CT molecular complexity index is 510. The largest absolute Gasteiger partial charge is 0.488 e. The van der Waals surface area contributed by atoms with E-state index in [1.165, 1.54) is 17.0 Å². The van der Waals surface area contributed by atoms with Crippen molar-refractivity contribution in [2.75, 3.05) is 0 Å². The Morgan fingerprint density at radius 2 is 2.00 bits per heavy atom. The molecular weight excluding hydrogens is 259 g/mol. The van der Waals surface area contributed by atoms with Crippen LogP contribution < -0.4 is 4.74 Å². The predicted octanol–water partition coefficient (Wildman–Crippen LogP) is 4.68. The third kappa shape index (κ3) is 3.20. The topological polar surface area (TPSA) is 9.23 Å². The number of aryl methyl sites for hydroxylation is 1. The zero-order valence-corrected chi connectivity index (χ0v) is 10.9. The molecule has 2 rings (SSSR count). The highest BCUT2D eigenvalue weighted by atomic mass is 35.5. The second-order valence-electron chi connectivity index (χ2n) is 3.59. The first-order valence-corrected chi connectivity index (χ1v) is 6.54. The first kappa shape index (κ1) is 12.4. The van der Waals surface area contributed by atoms with Gasteiger partial charge in [-0.2, -0.15) is 0 Å². The third-order valence-electron chi connectivity index (χ3n) is 2.34. The van der Waals surface area contributed by atoms with Crippen molar-refractivity contribution in [3.63, 3.8) is 0 Å². The van der Waals surface area contributed by atoms with Crippen LogP contribution in [0.15, 0.2) is 30.3 Å². The fourth-order valence-electron chi connectivity index (χ4n) is 1.41. The predicted molar refractivity (Wildman–Crippen MR) is 69.4 cm³/mol. The highest BCUT2D eigenvalue weighted by Gasteiger charge is 2.03. The Kier molecular flexibility index (Phi) is 4.02. The zero-order chi connectivity index (χ0) is 12.3. The van der Waals surface area contributed by atoms with Gasteiger partial charge in [-0.15, -0.1) is 11.3 Å². The molecule has 1 aromatic heterocycles. The molecule has 2 aromatic rings. The van der Waals surface area contributed by atoms with Crippen molar-refractivity contribution in [2.24, 2.45) is 0 Å². The lowest BCUT2D eigenvalue weighted by Crippen LogP contribution is -1.93. The molecule has 0 atom stereocenters. The summed E-state index contributed by atoms with van der Waals surface area (Å²) in [5, 5.41) is 0.113. The molecule has 0 fully saturated rings. The van der Waals surface area contributed by atoms with Crippen molar-refractivity contribution in [1.82, 2.24) is 0 Å². The van der Waals surface area contributed by atoms with Crippen molar-refractivity contribution < 1.29 is 9.13 Å². The fraction of sp³-hybridized carbons (Fsp3) is 0.231. The summed E-state index contributed by atoms with van der Waals surface area (Å²) >= 11 is 7.31. The molecule has 0 unspecified atom stereocenters. The molecule has 90 valence electrons. The molecule has 0 aliphatic rings. The molecule has 0 bridgehead atoms. The first-order valence-electron chi connectivity index (χ1n) is 5.34. The standard InChI is InChI=1S/C13H12ClFOS/c1-2-10-4-5-11(17-10)8-16-9-3-6-12(14)13(15)7-9/h3-7H,2,8H2,1H3. The lowest BCUT2D eigenvalue weighted by Gasteiger charge is -2.04. The van der Waals surface area contributed by atoms with Gasteiger partial charge in [0.2, 0.25) is 0 Å². The quantitative estimate of drug-likeness (QED) is 0.784. The summed E-state index contributed by atoms with van der Waals surface area (Å²) in [7, 11) is 0. The molecule has 0 aliphatic heterocycles. The van der Waals surface area contributed by atoms with Crippen LogP contribution in [0, 0.1) is 5.82 Å². The van der Waals surface area contributed by atoms with E-state index >= 15 is 0 Å². The maximum absolute atomic E-state index is 13.2. The minimum absolute atomic E-state index is 0.113. The lowest BCUT2D eigenvalue weighted by molar-refractivity contribution is 0.308. The summed E-state index contributed by atoms with van der Waals surface area (Å²) in [4.78, 5) is 2.46. The monoisotopic (exact) mass is 270 g/mol. The summed E-state index contributed by atoms with van der Waals surface area (Å²) in [5.41, 5.74) is 0. The second-order valence-corrected chi connectivity index (χ2v) is 5.25. The van der Waals surface area contributed by atoms with Crippen LogP contribution in [0.3, 0.4) is 0 Å². The van der Waals surface area contributed by atoms with Crippen molar-refractivity contribution in [3.8, 4) is 5.75 Å².